The molecule has 3 heteroatoms. The fourth-order valence-corrected chi connectivity index (χ4v) is 1.99. The molecule has 0 heterocycles. The zero-order valence-corrected chi connectivity index (χ0v) is 11.1. The Hall–Kier alpha value is -2.03. The van der Waals surface area contributed by atoms with Crippen LogP contribution in [-0.4, -0.2) is 20.1 Å². The van der Waals surface area contributed by atoms with E-state index < -0.39 is 0 Å². The molecule has 0 aromatic heterocycles. The monoisotopic (exact) mass is 258 g/mol. The van der Waals surface area contributed by atoms with Gasteiger partial charge in [0.2, 0.25) is 0 Å². The van der Waals surface area contributed by atoms with Gasteiger partial charge in [-0.1, -0.05) is 30.3 Å². The number of anilines is 2. The summed E-state index contributed by atoms with van der Waals surface area (Å²) in [6.45, 7) is 1.70. The minimum atomic E-state index is -0.166. The minimum absolute atomic E-state index is 0.166. The summed E-state index contributed by atoms with van der Waals surface area (Å²) in [5, 5.41) is 3.35. The number of halogens is 1. The van der Waals surface area contributed by atoms with Crippen molar-refractivity contribution in [3.8, 4) is 0 Å². The third-order valence-electron chi connectivity index (χ3n) is 3.04. The SMILES string of the molecule is CN(CCCNc1ccccc1)c1ccccc1F. The van der Waals surface area contributed by atoms with Crippen LogP contribution in [0.25, 0.3) is 0 Å². The van der Waals surface area contributed by atoms with Gasteiger partial charge in [-0.15, -0.1) is 0 Å². The van der Waals surface area contributed by atoms with E-state index in [1.54, 1.807) is 12.1 Å². The third kappa shape index (κ3) is 3.98. The van der Waals surface area contributed by atoms with E-state index in [1.807, 2.05) is 48.3 Å². The van der Waals surface area contributed by atoms with Gasteiger partial charge in [0.15, 0.2) is 0 Å². The first-order chi connectivity index (χ1) is 9.27. The largest absolute Gasteiger partial charge is 0.385 e. The molecule has 2 nitrogen and oxygen atoms in total. The number of rotatable bonds is 6. The van der Waals surface area contributed by atoms with Crippen LogP contribution in [0, 0.1) is 5.82 Å². The summed E-state index contributed by atoms with van der Waals surface area (Å²) in [5.74, 6) is -0.166. The Bertz CT molecular complexity index is 499. The fraction of sp³-hybridized carbons (Fsp3) is 0.250. The van der Waals surface area contributed by atoms with Crippen LogP contribution in [0.3, 0.4) is 0 Å². The average Bonchev–Trinajstić information content (AvgIpc) is 2.45. The van der Waals surface area contributed by atoms with Crippen LogP contribution in [0.1, 0.15) is 6.42 Å². The number of nitrogens with one attached hydrogen (secondary N) is 1. The third-order valence-corrected chi connectivity index (χ3v) is 3.04. The van der Waals surface area contributed by atoms with Crippen molar-refractivity contribution < 1.29 is 4.39 Å². The highest BCUT2D eigenvalue weighted by molar-refractivity contribution is 5.46. The van der Waals surface area contributed by atoms with E-state index in [9.17, 15) is 4.39 Å². The molecule has 0 saturated heterocycles. The molecule has 0 aliphatic rings. The zero-order chi connectivity index (χ0) is 13.5. The fourth-order valence-electron chi connectivity index (χ4n) is 1.99. The van der Waals surface area contributed by atoms with Gasteiger partial charge in [-0.25, -0.2) is 4.39 Å². The summed E-state index contributed by atoms with van der Waals surface area (Å²) < 4.78 is 13.6. The lowest BCUT2D eigenvalue weighted by atomic mass is 10.2. The van der Waals surface area contributed by atoms with Crippen LogP contribution in [0.2, 0.25) is 0 Å². The van der Waals surface area contributed by atoms with Crippen molar-refractivity contribution in [2.24, 2.45) is 0 Å². The Morgan fingerprint density at radius 2 is 1.68 bits per heavy atom. The topological polar surface area (TPSA) is 15.3 Å². The maximum Gasteiger partial charge on any atom is 0.146 e. The number of para-hydroxylation sites is 2. The first kappa shape index (κ1) is 13.4. The highest BCUT2D eigenvalue weighted by Gasteiger charge is 2.05. The molecule has 0 fully saturated rings. The van der Waals surface area contributed by atoms with Crippen molar-refractivity contribution in [2.75, 3.05) is 30.4 Å². The van der Waals surface area contributed by atoms with Crippen LogP contribution in [-0.2, 0) is 0 Å². The lowest BCUT2D eigenvalue weighted by molar-refractivity contribution is 0.621. The number of hydrogen-bond acceptors (Lipinski definition) is 2. The highest BCUT2D eigenvalue weighted by Crippen LogP contribution is 2.17. The quantitative estimate of drug-likeness (QED) is 0.794. The van der Waals surface area contributed by atoms with Crippen molar-refractivity contribution in [2.45, 2.75) is 6.42 Å². The number of hydrogen-bond donors (Lipinski definition) is 1. The van der Waals surface area contributed by atoms with E-state index >= 15 is 0 Å². The van der Waals surface area contributed by atoms with Crippen molar-refractivity contribution in [1.29, 1.82) is 0 Å². The summed E-state index contributed by atoms with van der Waals surface area (Å²) in [4.78, 5) is 1.95. The van der Waals surface area contributed by atoms with Crippen molar-refractivity contribution >= 4 is 11.4 Å². The van der Waals surface area contributed by atoms with E-state index in [1.165, 1.54) is 6.07 Å². The van der Waals surface area contributed by atoms with Gasteiger partial charge in [0.05, 0.1) is 5.69 Å². The Balaban J connectivity index is 1.76. The van der Waals surface area contributed by atoms with Crippen LogP contribution in [0.4, 0.5) is 15.8 Å². The number of nitrogens with zero attached hydrogens (tertiary/aromatic N) is 1. The molecule has 19 heavy (non-hydrogen) atoms. The molecular formula is C16H19FN2. The molecule has 0 aliphatic heterocycles. The van der Waals surface area contributed by atoms with Crippen molar-refractivity contribution in [3.63, 3.8) is 0 Å². The molecule has 0 saturated carbocycles. The Morgan fingerprint density at radius 1 is 1.00 bits per heavy atom. The van der Waals surface area contributed by atoms with E-state index in [0.717, 1.165) is 25.2 Å². The number of benzene rings is 2. The molecule has 0 atom stereocenters. The van der Waals surface area contributed by atoms with Crippen LogP contribution in [0.5, 0.6) is 0 Å². The van der Waals surface area contributed by atoms with Crippen LogP contribution in [0.15, 0.2) is 54.6 Å². The summed E-state index contributed by atoms with van der Waals surface area (Å²) in [6, 6.07) is 17.0. The highest BCUT2D eigenvalue weighted by atomic mass is 19.1. The second kappa shape index (κ2) is 6.78. The minimum Gasteiger partial charge on any atom is -0.385 e. The van der Waals surface area contributed by atoms with Gasteiger partial charge in [0, 0.05) is 25.8 Å². The van der Waals surface area contributed by atoms with Gasteiger partial charge in [-0.3, -0.25) is 0 Å². The zero-order valence-electron chi connectivity index (χ0n) is 11.1. The van der Waals surface area contributed by atoms with Crippen LogP contribution >= 0.6 is 0 Å². The molecule has 1 N–H and O–H groups in total. The molecule has 2 aromatic carbocycles. The normalized spacial score (nSPS) is 10.2. The van der Waals surface area contributed by atoms with E-state index in [4.69, 9.17) is 0 Å². The summed E-state index contributed by atoms with van der Waals surface area (Å²) in [5.41, 5.74) is 1.78. The van der Waals surface area contributed by atoms with Gasteiger partial charge >= 0.3 is 0 Å². The first-order valence-electron chi connectivity index (χ1n) is 6.52. The second-order valence-electron chi connectivity index (χ2n) is 4.52. The van der Waals surface area contributed by atoms with E-state index in [2.05, 4.69) is 5.32 Å². The lowest BCUT2D eigenvalue weighted by Crippen LogP contribution is -2.21. The van der Waals surface area contributed by atoms with Gasteiger partial charge in [-0.05, 0) is 30.7 Å². The van der Waals surface area contributed by atoms with E-state index in [-0.39, 0.29) is 5.82 Å². The molecule has 0 unspecified atom stereocenters. The first-order valence-corrected chi connectivity index (χ1v) is 6.52. The van der Waals surface area contributed by atoms with Gasteiger partial charge in [0.25, 0.3) is 0 Å². The second-order valence-corrected chi connectivity index (χ2v) is 4.52. The molecule has 0 spiro atoms. The van der Waals surface area contributed by atoms with Gasteiger partial charge in [0.1, 0.15) is 5.82 Å². The summed E-state index contributed by atoms with van der Waals surface area (Å²) in [7, 11) is 1.92. The van der Waals surface area contributed by atoms with Crippen molar-refractivity contribution in [1.82, 2.24) is 0 Å². The molecule has 2 aromatic rings. The molecular weight excluding hydrogens is 239 g/mol. The molecule has 0 aliphatic carbocycles. The molecule has 0 amide bonds. The van der Waals surface area contributed by atoms with Crippen molar-refractivity contribution in [3.05, 3.63) is 60.4 Å². The standard InChI is InChI=1S/C16H19FN2/c1-19(16-11-6-5-10-15(16)17)13-7-12-18-14-8-3-2-4-9-14/h2-6,8-11,18H,7,12-13H2,1H3. The molecule has 2 rings (SSSR count). The average molecular weight is 258 g/mol. The Morgan fingerprint density at radius 3 is 2.42 bits per heavy atom. The Labute approximate surface area is 113 Å². The summed E-state index contributed by atoms with van der Waals surface area (Å²) in [6.07, 6.45) is 0.958. The van der Waals surface area contributed by atoms with E-state index in [0.29, 0.717) is 5.69 Å². The molecule has 0 radical (unpaired) electrons. The lowest BCUT2D eigenvalue weighted by Gasteiger charge is -2.20. The van der Waals surface area contributed by atoms with Crippen LogP contribution < -0.4 is 10.2 Å². The smallest absolute Gasteiger partial charge is 0.146 e. The molecule has 100 valence electrons. The van der Waals surface area contributed by atoms with Gasteiger partial charge < -0.3 is 10.2 Å². The summed E-state index contributed by atoms with van der Waals surface area (Å²) >= 11 is 0. The maximum absolute atomic E-state index is 13.6. The van der Waals surface area contributed by atoms with Gasteiger partial charge in [-0.2, -0.15) is 0 Å². The molecule has 0 bridgehead atoms. The maximum atomic E-state index is 13.6. The Kier molecular flexibility index (Phi) is 4.78. The predicted molar refractivity (Wildman–Crippen MR) is 79.2 cm³/mol. The predicted octanol–water partition coefficient (Wildman–Crippen LogP) is 3.76.